The maximum atomic E-state index is 12.7. The summed E-state index contributed by atoms with van der Waals surface area (Å²) in [5.74, 6) is 0.989. The normalized spacial score (nSPS) is 22.6. The fourth-order valence-electron chi connectivity index (χ4n) is 3.40. The minimum Gasteiger partial charge on any atom is -0.441 e. The number of likely N-dealkylation sites (tertiary alicyclic amines) is 1. The number of benzene rings is 1. The molecule has 3 heterocycles. The van der Waals surface area contributed by atoms with Gasteiger partial charge in [-0.3, -0.25) is 4.79 Å². The highest BCUT2D eigenvalue weighted by molar-refractivity contribution is 5.91. The lowest BCUT2D eigenvalue weighted by Gasteiger charge is -2.24. The van der Waals surface area contributed by atoms with Gasteiger partial charge >= 0.3 is 6.09 Å². The molecule has 0 radical (unpaired) electrons. The van der Waals surface area contributed by atoms with Crippen LogP contribution >= 0.6 is 0 Å². The second-order valence-corrected chi connectivity index (χ2v) is 6.61. The maximum absolute atomic E-state index is 12.7. The minimum atomic E-state index is -0.489. The monoisotopic (exact) mass is 356 g/mol. The summed E-state index contributed by atoms with van der Waals surface area (Å²) in [7, 11) is 0. The third-order valence-electron chi connectivity index (χ3n) is 4.80. The summed E-state index contributed by atoms with van der Waals surface area (Å²) in [6, 6.07) is 12.5. The molecule has 2 aliphatic rings. The molecule has 1 N–H and O–H groups in total. The van der Waals surface area contributed by atoms with Crippen molar-refractivity contribution in [1.29, 1.82) is 0 Å². The molecule has 2 amide bonds. The van der Waals surface area contributed by atoms with E-state index >= 15 is 0 Å². The number of carbonyl (C=O) groups is 2. The van der Waals surface area contributed by atoms with E-state index in [1.807, 2.05) is 30.3 Å². The minimum absolute atomic E-state index is 0.178. The van der Waals surface area contributed by atoms with Gasteiger partial charge in [0.15, 0.2) is 5.76 Å². The van der Waals surface area contributed by atoms with E-state index in [0.29, 0.717) is 31.8 Å². The van der Waals surface area contributed by atoms with Gasteiger partial charge in [0.1, 0.15) is 11.4 Å². The fourth-order valence-corrected chi connectivity index (χ4v) is 3.40. The molecule has 1 spiro atoms. The van der Waals surface area contributed by atoms with Crippen LogP contribution in [0.4, 0.5) is 4.79 Å². The first kappa shape index (κ1) is 16.5. The van der Waals surface area contributed by atoms with Crippen molar-refractivity contribution < 1.29 is 23.5 Å². The number of nitrogens with one attached hydrogen (secondary N) is 1. The lowest BCUT2D eigenvalue weighted by atomic mass is 9.95. The Labute approximate surface area is 150 Å². The van der Waals surface area contributed by atoms with Crippen LogP contribution in [-0.2, 0) is 4.74 Å². The molecular formula is C19H20N2O5. The molecule has 2 saturated heterocycles. The topological polar surface area (TPSA) is 81.0 Å². The van der Waals surface area contributed by atoms with Crippen LogP contribution < -0.4 is 10.1 Å². The molecule has 2 fully saturated rings. The van der Waals surface area contributed by atoms with E-state index < -0.39 is 5.60 Å². The number of hydrogen-bond donors (Lipinski definition) is 1. The number of alkyl carbamates (subject to hydrolysis) is 1. The van der Waals surface area contributed by atoms with Gasteiger partial charge in [-0.05, 0) is 31.0 Å². The van der Waals surface area contributed by atoms with E-state index in [0.717, 1.165) is 12.8 Å². The zero-order chi connectivity index (χ0) is 18.0. The number of para-hydroxylation sites is 1. The molecule has 7 heteroatoms. The Morgan fingerprint density at radius 3 is 2.73 bits per heavy atom. The van der Waals surface area contributed by atoms with E-state index in [4.69, 9.17) is 13.9 Å². The molecule has 0 saturated carbocycles. The van der Waals surface area contributed by atoms with Crippen LogP contribution in [0.2, 0.25) is 0 Å². The molecule has 1 aromatic heterocycles. The first-order chi connectivity index (χ1) is 12.6. The lowest BCUT2D eigenvalue weighted by Crippen LogP contribution is -2.36. The molecule has 1 atom stereocenters. The highest BCUT2D eigenvalue weighted by Crippen LogP contribution is 2.30. The third-order valence-corrected chi connectivity index (χ3v) is 4.80. The van der Waals surface area contributed by atoms with Crippen molar-refractivity contribution in [3.05, 3.63) is 48.2 Å². The number of nitrogens with zero attached hydrogens (tertiary/aromatic N) is 1. The number of furan rings is 1. The van der Waals surface area contributed by atoms with Gasteiger partial charge in [-0.2, -0.15) is 0 Å². The number of carbonyl (C=O) groups excluding carboxylic acids is 2. The van der Waals surface area contributed by atoms with E-state index in [9.17, 15) is 9.59 Å². The average Bonchev–Trinajstić information content (AvgIpc) is 3.19. The molecule has 0 bridgehead atoms. The van der Waals surface area contributed by atoms with Gasteiger partial charge in [0.25, 0.3) is 11.9 Å². The first-order valence-corrected chi connectivity index (χ1v) is 8.72. The summed E-state index contributed by atoms with van der Waals surface area (Å²) in [5.41, 5.74) is -0.489. The van der Waals surface area contributed by atoms with E-state index in [1.54, 1.807) is 17.0 Å². The van der Waals surface area contributed by atoms with Gasteiger partial charge in [-0.25, -0.2) is 4.79 Å². The van der Waals surface area contributed by atoms with Gasteiger partial charge < -0.3 is 24.1 Å². The van der Waals surface area contributed by atoms with E-state index in [1.165, 1.54) is 0 Å². The Hall–Kier alpha value is -2.96. The lowest BCUT2D eigenvalue weighted by molar-refractivity contribution is 0.0435. The zero-order valence-corrected chi connectivity index (χ0v) is 14.3. The predicted octanol–water partition coefficient (Wildman–Crippen LogP) is 3.18. The molecule has 2 aromatic rings. The Kier molecular flexibility index (Phi) is 4.28. The van der Waals surface area contributed by atoms with Crippen molar-refractivity contribution in [3.8, 4) is 11.7 Å². The SMILES string of the molecule is O=C1NC[C@]2(CCCN(C(=O)c3ccc(Oc4ccccc4)o3)CC2)O1. The number of hydrogen-bond acceptors (Lipinski definition) is 5. The highest BCUT2D eigenvalue weighted by Gasteiger charge is 2.42. The third kappa shape index (κ3) is 3.37. The Balaban J connectivity index is 1.41. The molecule has 2 aliphatic heterocycles. The average molecular weight is 356 g/mol. The van der Waals surface area contributed by atoms with E-state index in [2.05, 4.69) is 5.32 Å². The van der Waals surface area contributed by atoms with Crippen LogP contribution in [0.15, 0.2) is 46.9 Å². The van der Waals surface area contributed by atoms with Crippen molar-refractivity contribution >= 4 is 12.0 Å². The molecular weight excluding hydrogens is 336 g/mol. The van der Waals surface area contributed by atoms with Crippen molar-refractivity contribution in [2.45, 2.75) is 24.9 Å². The maximum Gasteiger partial charge on any atom is 0.407 e. The van der Waals surface area contributed by atoms with Crippen molar-refractivity contribution in [2.75, 3.05) is 19.6 Å². The molecule has 7 nitrogen and oxygen atoms in total. The summed E-state index contributed by atoms with van der Waals surface area (Å²) < 4.78 is 16.6. The van der Waals surface area contributed by atoms with Crippen LogP contribution in [0.3, 0.4) is 0 Å². The van der Waals surface area contributed by atoms with Gasteiger partial charge in [0.2, 0.25) is 0 Å². The summed E-state index contributed by atoms with van der Waals surface area (Å²) >= 11 is 0. The van der Waals surface area contributed by atoms with Crippen molar-refractivity contribution in [2.24, 2.45) is 0 Å². The largest absolute Gasteiger partial charge is 0.441 e. The smallest absolute Gasteiger partial charge is 0.407 e. The molecule has 0 unspecified atom stereocenters. The van der Waals surface area contributed by atoms with Gasteiger partial charge in [0, 0.05) is 25.6 Å². The highest BCUT2D eigenvalue weighted by atomic mass is 16.6. The molecule has 1 aromatic carbocycles. The molecule has 4 rings (SSSR count). The van der Waals surface area contributed by atoms with Crippen LogP contribution in [0, 0.1) is 0 Å². The van der Waals surface area contributed by atoms with Gasteiger partial charge in [-0.15, -0.1) is 0 Å². The van der Waals surface area contributed by atoms with Crippen LogP contribution in [0.25, 0.3) is 0 Å². The summed E-state index contributed by atoms with van der Waals surface area (Å²) in [6.07, 6.45) is 1.76. The first-order valence-electron chi connectivity index (χ1n) is 8.72. The number of ether oxygens (including phenoxy) is 2. The second kappa shape index (κ2) is 6.74. The Morgan fingerprint density at radius 2 is 1.96 bits per heavy atom. The molecule has 26 heavy (non-hydrogen) atoms. The van der Waals surface area contributed by atoms with E-state index in [-0.39, 0.29) is 23.7 Å². The van der Waals surface area contributed by atoms with Crippen LogP contribution in [-0.4, -0.2) is 42.1 Å². The van der Waals surface area contributed by atoms with Crippen LogP contribution in [0.5, 0.6) is 11.7 Å². The van der Waals surface area contributed by atoms with Gasteiger partial charge in [-0.1, -0.05) is 18.2 Å². The predicted molar refractivity (Wildman–Crippen MR) is 92.2 cm³/mol. The Bertz CT molecular complexity index is 803. The van der Waals surface area contributed by atoms with Crippen molar-refractivity contribution in [3.63, 3.8) is 0 Å². The summed E-state index contributed by atoms with van der Waals surface area (Å²) in [5, 5.41) is 2.71. The molecule has 0 aliphatic carbocycles. The van der Waals surface area contributed by atoms with Crippen molar-refractivity contribution in [1.82, 2.24) is 10.2 Å². The quantitative estimate of drug-likeness (QED) is 0.913. The zero-order valence-electron chi connectivity index (χ0n) is 14.3. The van der Waals surface area contributed by atoms with Gasteiger partial charge in [0.05, 0.1) is 6.54 Å². The second-order valence-electron chi connectivity index (χ2n) is 6.61. The fraction of sp³-hybridized carbons (Fsp3) is 0.368. The standard InChI is InChI=1S/C19H20N2O5/c22-17(15-7-8-16(25-15)24-14-5-2-1-3-6-14)21-11-4-9-19(10-12-21)13-20-18(23)26-19/h1-3,5-8H,4,9-13H2,(H,20,23)/t19-/m1/s1. The summed E-state index contributed by atoms with van der Waals surface area (Å²) in [6.45, 7) is 1.63. The molecule has 136 valence electrons. The Morgan fingerprint density at radius 1 is 1.12 bits per heavy atom. The van der Waals surface area contributed by atoms with Crippen LogP contribution in [0.1, 0.15) is 29.8 Å². The summed E-state index contributed by atoms with van der Waals surface area (Å²) in [4.78, 5) is 25.9. The number of amides is 2. The number of rotatable bonds is 3.